The van der Waals surface area contributed by atoms with Crippen LogP contribution >= 0.6 is 0 Å². The molecule has 3 N–H and O–H groups in total. The van der Waals surface area contributed by atoms with Crippen molar-refractivity contribution in [1.82, 2.24) is 10.6 Å². The summed E-state index contributed by atoms with van der Waals surface area (Å²) in [6, 6.07) is 0. The van der Waals surface area contributed by atoms with Gasteiger partial charge in [-0.2, -0.15) is 0 Å². The van der Waals surface area contributed by atoms with E-state index in [0.717, 1.165) is 12.8 Å². The molecule has 4 nitrogen and oxygen atoms in total. The highest BCUT2D eigenvalue weighted by molar-refractivity contribution is 5.77. The van der Waals surface area contributed by atoms with Crippen LogP contribution < -0.4 is 10.6 Å². The second-order valence-corrected chi connectivity index (χ2v) is 7.14. The molecule has 1 aliphatic rings. The average molecular weight is 284 g/mol. The Kier molecular flexibility index (Phi) is 6.46. The smallest absolute Gasteiger partial charge is 0.221 e. The highest BCUT2D eigenvalue weighted by Crippen LogP contribution is 2.30. The summed E-state index contributed by atoms with van der Waals surface area (Å²) in [7, 11) is 1.95. The Morgan fingerprint density at radius 3 is 2.40 bits per heavy atom. The van der Waals surface area contributed by atoms with Crippen molar-refractivity contribution in [2.45, 2.75) is 76.9 Å². The molecule has 20 heavy (non-hydrogen) atoms. The molecule has 1 aliphatic carbocycles. The Labute approximate surface area is 123 Å². The van der Waals surface area contributed by atoms with Crippen LogP contribution in [-0.4, -0.2) is 35.7 Å². The van der Waals surface area contributed by atoms with Gasteiger partial charge in [-0.05, 0) is 39.2 Å². The summed E-state index contributed by atoms with van der Waals surface area (Å²) in [5.74, 6) is 0.467. The zero-order valence-corrected chi connectivity index (χ0v) is 13.6. The molecule has 0 heterocycles. The minimum atomic E-state index is -0.816. The molecule has 0 spiro atoms. The molecule has 0 radical (unpaired) electrons. The zero-order valence-electron chi connectivity index (χ0n) is 13.6. The summed E-state index contributed by atoms with van der Waals surface area (Å²) >= 11 is 0. The fourth-order valence-electron chi connectivity index (χ4n) is 3.35. The molecule has 118 valence electrons. The summed E-state index contributed by atoms with van der Waals surface area (Å²) in [5.41, 5.74) is -0.852. The molecular weight excluding hydrogens is 252 g/mol. The quantitative estimate of drug-likeness (QED) is 0.672. The SMILES string of the molecule is CNC1(CC(=O)NCC(C)(O)CC(C)C)CCCCC1. The Hall–Kier alpha value is -0.610. The maximum Gasteiger partial charge on any atom is 0.221 e. The number of amides is 1. The second kappa shape index (κ2) is 7.41. The van der Waals surface area contributed by atoms with Gasteiger partial charge in [-0.25, -0.2) is 0 Å². The Balaban J connectivity index is 2.42. The van der Waals surface area contributed by atoms with Gasteiger partial charge in [0.15, 0.2) is 0 Å². The number of rotatable bonds is 7. The second-order valence-electron chi connectivity index (χ2n) is 7.14. The highest BCUT2D eigenvalue weighted by atomic mass is 16.3. The van der Waals surface area contributed by atoms with Gasteiger partial charge in [-0.1, -0.05) is 33.1 Å². The number of aliphatic hydroxyl groups is 1. The Morgan fingerprint density at radius 2 is 1.90 bits per heavy atom. The van der Waals surface area contributed by atoms with Crippen LogP contribution in [0.3, 0.4) is 0 Å². The number of hydrogen-bond donors (Lipinski definition) is 3. The van der Waals surface area contributed by atoms with Gasteiger partial charge in [0.25, 0.3) is 0 Å². The molecule has 4 heteroatoms. The van der Waals surface area contributed by atoms with Crippen LogP contribution in [0.4, 0.5) is 0 Å². The summed E-state index contributed by atoms with van der Waals surface area (Å²) in [6.45, 7) is 6.29. The van der Waals surface area contributed by atoms with Gasteiger partial charge in [-0.15, -0.1) is 0 Å². The third-order valence-corrected chi connectivity index (χ3v) is 4.35. The molecular formula is C16H32N2O2. The lowest BCUT2D eigenvalue weighted by molar-refractivity contribution is -0.124. The monoisotopic (exact) mass is 284 g/mol. The van der Waals surface area contributed by atoms with Crippen LogP contribution in [0.25, 0.3) is 0 Å². The van der Waals surface area contributed by atoms with Crippen molar-refractivity contribution in [3.05, 3.63) is 0 Å². The van der Waals surface area contributed by atoms with E-state index in [2.05, 4.69) is 24.5 Å². The Bertz CT molecular complexity index is 308. The molecule has 1 saturated carbocycles. The van der Waals surface area contributed by atoms with Crippen molar-refractivity contribution in [2.75, 3.05) is 13.6 Å². The predicted octanol–water partition coefficient (Wildman–Crippen LogP) is 2.21. The molecule has 0 aromatic heterocycles. The molecule has 1 unspecified atom stereocenters. The van der Waals surface area contributed by atoms with Crippen molar-refractivity contribution in [3.63, 3.8) is 0 Å². The summed E-state index contributed by atoms with van der Waals surface area (Å²) in [4.78, 5) is 12.1. The van der Waals surface area contributed by atoms with E-state index in [1.807, 2.05) is 7.05 Å². The van der Waals surface area contributed by atoms with E-state index >= 15 is 0 Å². The fraction of sp³-hybridized carbons (Fsp3) is 0.938. The van der Waals surface area contributed by atoms with E-state index in [9.17, 15) is 9.90 Å². The summed E-state index contributed by atoms with van der Waals surface area (Å²) in [6.07, 6.45) is 7.01. The van der Waals surface area contributed by atoms with Crippen molar-refractivity contribution in [3.8, 4) is 0 Å². The van der Waals surface area contributed by atoms with Crippen LogP contribution in [0, 0.1) is 5.92 Å². The Morgan fingerprint density at radius 1 is 1.30 bits per heavy atom. The van der Waals surface area contributed by atoms with E-state index in [1.165, 1.54) is 19.3 Å². The van der Waals surface area contributed by atoms with Crippen molar-refractivity contribution < 1.29 is 9.90 Å². The van der Waals surface area contributed by atoms with Crippen molar-refractivity contribution in [1.29, 1.82) is 0 Å². The van der Waals surface area contributed by atoms with Gasteiger partial charge in [-0.3, -0.25) is 4.79 Å². The number of carbonyl (C=O) groups excluding carboxylic acids is 1. The third kappa shape index (κ3) is 5.80. The molecule has 0 bridgehead atoms. The molecule has 0 aromatic rings. The van der Waals surface area contributed by atoms with Gasteiger partial charge in [0.2, 0.25) is 5.91 Å². The first-order valence-electron chi connectivity index (χ1n) is 7.97. The lowest BCUT2D eigenvalue weighted by Gasteiger charge is -2.37. The van der Waals surface area contributed by atoms with Gasteiger partial charge in [0, 0.05) is 18.5 Å². The van der Waals surface area contributed by atoms with Crippen molar-refractivity contribution >= 4 is 5.91 Å². The first-order chi connectivity index (χ1) is 9.29. The minimum Gasteiger partial charge on any atom is -0.388 e. The normalized spacial score (nSPS) is 21.5. The molecule has 0 aromatic carbocycles. The first kappa shape index (κ1) is 17.4. The summed E-state index contributed by atoms with van der Waals surface area (Å²) < 4.78 is 0. The van der Waals surface area contributed by atoms with Gasteiger partial charge in [0.1, 0.15) is 0 Å². The maximum absolute atomic E-state index is 12.1. The van der Waals surface area contributed by atoms with Crippen LogP contribution in [-0.2, 0) is 4.79 Å². The maximum atomic E-state index is 12.1. The molecule has 0 aliphatic heterocycles. The fourth-order valence-corrected chi connectivity index (χ4v) is 3.35. The lowest BCUT2D eigenvalue weighted by Crippen LogP contribution is -2.50. The third-order valence-electron chi connectivity index (χ3n) is 4.35. The first-order valence-corrected chi connectivity index (χ1v) is 7.97. The largest absolute Gasteiger partial charge is 0.388 e. The van der Waals surface area contributed by atoms with Crippen LogP contribution in [0.1, 0.15) is 65.7 Å². The van der Waals surface area contributed by atoms with Gasteiger partial charge >= 0.3 is 0 Å². The van der Waals surface area contributed by atoms with Gasteiger partial charge < -0.3 is 15.7 Å². The van der Waals surface area contributed by atoms with E-state index < -0.39 is 5.60 Å². The summed E-state index contributed by atoms with van der Waals surface area (Å²) in [5, 5.41) is 16.5. The van der Waals surface area contributed by atoms with Crippen LogP contribution in [0.2, 0.25) is 0 Å². The van der Waals surface area contributed by atoms with E-state index in [-0.39, 0.29) is 11.4 Å². The molecule has 1 amide bonds. The number of nitrogens with one attached hydrogen (secondary N) is 2. The predicted molar refractivity (Wildman–Crippen MR) is 82.6 cm³/mol. The molecule has 1 atom stereocenters. The zero-order chi connectivity index (χ0) is 15.2. The van der Waals surface area contributed by atoms with Crippen LogP contribution in [0.15, 0.2) is 0 Å². The average Bonchev–Trinajstić information content (AvgIpc) is 2.36. The van der Waals surface area contributed by atoms with E-state index in [0.29, 0.717) is 25.3 Å². The lowest BCUT2D eigenvalue weighted by atomic mass is 9.79. The number of carbonyl (C=O) groups is 1. The molecule has 1 rings (SSSR count). The standard InChI is InChI=1S/C16H32N2O2/c1-13(2)10-15(3,20)12-18-14(19)11-16(17-4)8-6-5-7-9-16/h13,17,20H,5-12H2,1-4H3,(H,18,19). The van der Waals surface area contributed by atoms with Gasteiger partial charge in [0.05, 0.1) is 5.60 Å². The van der Waals surface area contributed by atoms with E-state index in [4.69, 9.17) is 0 Å². The topological polar surface area (TPSA) is 61.4 Å². The van der Waals surface area contributed by atoms with E-state index in [1.54, 1.807) is 6.92 Å². The molecule has 0 saturated heterocycles. The minimum absolute atomic E-state index is 0.0355. The number of hydrogen-bond acceptors (Lipinski definition) is 3. The van der Waals surface area contributed by atoms with Crippen LogP contribution in [0.5, 0.6) is 0 Å². The highest BCUT2D eigenvalue weighted by Gasteiger charge is 2.33. The molecule has 1 fully saturated rings. The van der Waals surface area contributed by atoms with Crippen molar-refractivity contribution in [2.24, 2.45) is 5.92 Å².